The van der Waals surface area contributed by atoms with Crippen LogP contribution in [0.25, 0.3) is 0 Å². The number of aliphatic imine (C=N–C) groups is 1. The molecule has 0 aliphatic heterocycles. The second kappa shape index (κ2) is 11.2. The zero-order chi connectivity index (χ0) is 19.9. The van der Waals surface area contributed by atoms with Gasteiger partial charge in [0.1, 0.15) is 0 Å². The molecule has 0 radical (unpaired) electrons. The van der Waals surface area contributed by atoms with Crippen LogP contribution in [0.3, 0.4) is 0 Å². The number of hydrogen-bond donors (Lipinski definition) is 4. The number of guanidine groups is 1. The molecule has 4 N–H and O–H groups in total. The molecule has 2 amide bonds. The Morgan fingerprint density at radius 1 is 1.18 bits per heavy atom. The Hall–Kier alpha value is -1.84. The number of nitrogens with one attached hydrogen (secondary N) is 4. The molecule has 0 saturated heterocycles. The van der Waals surface area contributed by atoms with Crippen LogP contribution in [-0.2, 0) is 16.1 Å². The van der Waals surface area contributed by atoms with E-state index in [9.17, 15) is 9.59 Å². The molecule has 1 saturated carbocycles. The Labute approximate surface area is 184 Å². The van der Waals surface area contributed by atoms with Gasteiger partial charge in [0.25, 0.3) is 0 Å². The van der Waals surface area contributed by atoms with Crippen LogP contribution in [0.1, 0.15) is 45.6 Å². The van der Waals surface area contributed by atoms with Gasteiger partial charge in [0.05, 0.1) is 6.54 Å². The van der Waals surface area contributed by atoms with Gasteiger partial charge >= 0.3 is 0 Å². The van der Waals surface area contributed by atoms with E-state index in [-0.39, 0.29) is 53.8 Å². The normalized spacial score (nSPS) is 14.4. The van der Waals surface area contributed by atoms with E-state index in [1.807, 2.05) is 45.0 Å². The second-order valence-electron chi connectivity index (χ2n) is 7.89. The van der Waals surface area contributed by atoms with Crippen LogP contribution in [0.5, 0.6) is 0 Å². The van der Waals surface area contributed by atoms with Gasteiger partial charge in [-0.25, -0.2) is 0 Å². The third kappa shape index (κ3) is 8.45. The highest BCUT2D eigenvalue weighted by Gasteiger charge is 2.25. The molecule has 0 aromatic heterocycles. The van der Waals surface area contributed by atoms with E-state index in [0.29, 0.717) is 12.5 Å². The zero-order valence-corrected chi connectivity index (χ0v) is 19.4. The van der Waals surface area contributed by atoms with Crippen molar-refractivity contribution in [3.63, 3.8) is 0 Å². The van der Waals surface area contributed by atoms with Crippen molar-refractivity contribution in [3.8, 4) is 0 Å². The summed E-state index contributed by atoms with van der Waals surface area (Å²) in [6.07, 6.45) is 3.11. The highest BCUT2D eigenvalue weighted by Crippen LogP contribution is 2.27. The largest absolute Gasteiger partial charge is 0.352 e. The number of amides is 2. The van der Waals surface area contributed by atoms with Gasteiger partial charge in [-0.05, 0) is 51.3 Å². The molecular formula is C20H32IN5O2. The summed E-state index contributed by atoms with van der Waals surface area (Å²) in [7, 11) is 1.66. The third-order valence-electron chi connectivity index (χ3n) is 4.28. The number of benzene rings is 1. The third-order valence-corrected chi connectivity index (χ3v) is 4.28. The van der Waals surface area contributed by atoms with Gasteiger partial charge in [0, 0.05) is 30.7 Å². The number of halogens is 1. The van der Waals surface area contributed by atoms with Crippen LogP contribution < -0.4 is 21.3 Å². The molecule has 0 unspecified atom stereocenters. The van der Waals surface area contributed by atoms with Gasteiger partial charge in [-0.15, -0.1) is 24.0 Å². The first kappa shape index (κ1) is 24.2. The van der Waals surface area contributed by atoms with Crippen molar-refractivity contribution in [3.05, 3.63) is 29.8 Å². The number of nitrogens with zero attached hydrogens (tertiary/aromatic N) is 1. The smallest absolute Gasteiger partial charge is 0.239 e. The average molecular weight is 501 g/mol. The maximum atomic E-state index is 12.1. The predicted octanol–water partition coefficient (Wildman–Crippen LogP) is 2.62. The molecule has 156 valence electrons. The molecule has 8 heteroatoms. The summed E-state index contributed by atoms with van der Waals surface area (Å²) in [5, 5.41) is 12.0. The molecular weight excluding hydrogens is 469 g/mol. The molecule has 0 heterocycles. The lowest BCUT2D eigenvalue weighted by Crippen LogP contribution is -2.48. The van der Waals surface area contributed by atoms with Gasteiger partial charge in [-0.3, -0.25) is 14.6 Å². The minimum Gasteiger partial charge on any atom is -0.352 e. The Morgan fingerprint density at radius 2 is 1.89 bits per heavy atom. The van der Waals surface area contributed by atoms with E-state index in [1.54, 1.807) is 7.05 Å². The summed E-state index contributed by atoms with van der Waals surface area (Å²) in [4.78, 5) is 28.1. The van der Waals surface area contributed by atoms with Gasteiger partial charge < -0.3 is 21.3 Å². The predicted molar refractivity (Wildman–Crippen MR) is 124 cm³/mol. The number of carbonyl (C=O) groups excluding carboxylic acids is 2. The lowest BCUT2D eigenvalue weighted by Gasteiger charge is -2.24. The molecule has 1 aromatic carbocycles. The standard InChI is InChI=1S/C20H31N5O2.HI/c1-20(2,3)25-17(26)13-23-19(21-4)22-12-14-7-5-10-16(11-14)24-18(27)15-8-6-9-15;/h5,7,10-11,15H,6,8-9,12-13H2,1-4H3,(H,24,27)(H,25,26)(H2,21,22,23);1H. The Morgan fingerprint density at radius 3 is 2.46 bits per heavy atom. The molecule has 28 heavy (non-hydrogen) atoms. The summed E-state index contributed by atoms with van der Waals surface area (Å²) in [6, 6.07) is 7.74. The molecule has 1 aliphatic rings. The topological polar surface area (TPSA) is 94.6 Å². The van der Waals surface area contributed by atoms with Crippen molar-refractivity contribution in [2.45, 2.75) is 52.1 Å². The quantitative estimate of drug-likeness (QED) is 0.274. The number of rotatable bonds is 6. The Bertz CT molecular complexity index is 696. The molecule has 1 aliphatic carbocycles. The van der Waals surface area contributed by atoms with Crippen LogP contribution in [0, 0.1) is 5.92 Å². The number of anilines is 1. The lowest BCUT2D eigenvalue weighted by atomic mass is 9.85. The van der Waals surface area contributed by atoms with E-state index in [2.05, 4.69) is 26.3 Å². The fourth-order valence-electron chi connectivity index (χ4n) is 2.71. The Balaban J connectivity index is 0.00000392. The lowest BCUT2D eigenvalue weighted by molar-refractivity contribution is -0.122. The van der Waals surface area contributed by atoms with Crippen LogP contribution in [-0.4, -0.2) is 36.9 Å². The van der Waals surface area contributed by atoms with Crippen molar-refractivity contribution in [1.29, 1.82) is 0 Å². The minimum absolute atomic E-state index is 0. The monoisotopic (exact) mass is 501 g/mol. The molecule has 0 bridgehead atoms. The van der Waals surface area contributed by atoms with Crippen molar-refractivity contribution in [1.82, 2.24) is 16.0 Å². The first-order valence-corrected chi connectivity index (χ1v) is 9.42. The molecule has 0 spiro atoms. The van der Waals surface area contributed by atoms with E-state index < -0.39 is 0 Å². The van der Waals surface area contributed by atoms with Crippen LogP contribution >= 0.6 is 24.0 Å². The summed E-state index contributed by atoms with van der Waals surface area (Å²) in [5.74, 6) is 0.719. The van der Waals surface area contributed by atoms with Crippen LogP contribution in [0.15, 0.2) is 29.3 Å². The average Bonchev–Trinajstić information content (AvgIpc) is 2.52. The molecule has 2 rings (SSSR count). The zero-order valence-electron chi connectivity index (χ0n) is 17.1. The van der Waals surface area contributed by atoms with Crippen molar-refractivity contribution in [2.75, 3.05) is 18.9 Å². The number of carbonyl (C=O) groups is 2. The minimum atomic E-state index is -0.264. The molecule has 0 atom stereocenters. The first-order valence-electron chi connectivity index (χ1n) is 9.42. The fourth-order valence-corrected chi connectivity index (χ4v) is 2.71. The van der Waals surface area contributed by atoms with Crippen molar-refractivity contribution < 1.29 is 9.59 Å². The molecule has 7 nitrogen and oxygen atoms in total. The van der Waals surface area contributed by atoms with E-state index in [1.165, 1.54) is 0 Å². The summed E-state index contributed by atoms with van der Waals surface area (Å²) < 4.78 is 0. The van der Waals surface area contributed by atoms with Crippen LogP contribution in [0.2, 0.25) is 0 Å². The highest BCUT2D eigenvalue weighted by molar-refractivity contribution is 14.0. The first-order chi connectivity index (χ1) is 12.8. The summed E-state index contributed by atoms with van der Waals surface area (Å²) in [6.45, 7) is 6.50. The van der Waals surface area contributed by atoms with Gasteiger partial charge in [-0.2, -0.15) is 0 Å². The SMILES string of the molecule is CN=C(NCC(=O)NC(C)(C)C)NCc1cccc(NC(=O)C2CCC2)c1.I. The van der Waals surface area contributed by atoms with Crippen molar-refractivity contribution >= 4 is 47.4 Å². The van der Waals surface area contributed by atoms with E-state index >= 15 is 0 Å². The molecule has 1 fully saturated rings. The van der Waals surface area contributed by atoms with Gasteiger partial charge in [-0.1, -0.05) is 18.6 Å². The Kier molecular flexibility index (Phi) is 9.71. The van der Waals surface area contributed by atoms with Gasteiger partial charge in [0.15, 0.2) is 5.96 Å². The van der Waals surface area contributed by atoms with Crippen LogP contribution in [0.4, 0.5) is 5.69 Å². The summed E-state index contributed by atoms with van der Waals surface area (Å²) >= 11 is 0. The van der Waals surface area contributed by atoms with Crippen molar-refractivity contribution in [2.24, 2.45) is 10.9 Å². The molecule has 1 aromatic rings. The fraction of sp³-hybridized carbons (Fsp3) is 0.550. The second-order valence-corrected chi connectivity index (χ2v) is 7.89. The van der Waals surface area contributed by atoms with Gasteiger partial charge in [0.2, 0.25) is 11.8 Å². The summed E-state index contributed by atoms with van der Waals surface area (Å²) in [5.41, 5.74) is 1.56. The maximum Gasteiger partial charge on any atom is 0.239 e. The van der Waals surface area contributed by atoms with E-state index in [0.717, 1.165) is 30.5 Å². The van der Waals surface area contributed by atoms with E-state index in [4.69, 9.17) is 0 Å². The number of hydrogen-bond acceptors (Lipinski definition) is 3. The highest BCUT2D eigenvalue weighted by atomic mass is 127. The maximum absolute atomic E-state index is 12.1.